The van der Waals surface area contributed by atoms with Crippen molar-refractivity contribution in [1.29, 1.82) is 10.5 Å². The van der Waals surface area contributed by atoms with Crippen molar-refractivity contribution in [1.82, 2.24) is 4.90 Å². The number of amides is 1. The number of halogens is 1. The largest absolute Gasteiger partial charge is 0.488 e. The van der Waals surface area contributed by atoms with E-state index >= 15 is 0 Å². The highest BCUT2D eigenvalue weighted by Gasteiger charge is 2.12. The third kappa shape index (κ3) is 3.88. The Morgan fingerprint density at radius 2 is 2.09 bits per heavy atom. The number of carbonyl (C=O) groups excluding carboxylic acids is 1. The molecule has 0 fully saturated rings. The van der Waals surface area contributed by atoms with E-state index in [1.54, 1.807) is 24.3 Å². The lowest BCUT2D eigenvalue weighted by Gasteiger charge is -2.17. The fraction of sp³-hybridized carbons (Fsp3) is 0.188. The van der Waals surface area contributed by atoms with Crippen molar-refractivity contribution in [2.75, 3.05) is 19.7 Å². The molecule has 1 aromatic rings. The normalized spacial score (nSPS) is 12.6. The second-order valence-corrected chi connectivity index (χ2v) is 4.97. The number of fused-ring (bicyclic) bond motifs is 1. The summed E-state index contributed by atoms with van der Waals surface area (Å²) in [6, 6.07) is 9.04. The molecule has 5 nitrogen and oxygen atoms in total. The second kappa shape index (κ2) is 7.31. The maximum atomic E-state index is 11.9. The van der Waals surface area contributed by atoms with Gasteiger partial charge in [-0.1, -0.05) is 17.7 Å². The van der Waals surface area contributed by atoms with Gasteiger partial charge in [0, 0.05) is 16.7 Å². The zero-order valence-electron chi connectivity index (χ0n) is 11.6. The molecule has 0 aromatic heterocycles. The maximum Gasteiger partial charge on any atom is 0.248 e. The van der Waals surface area contributed by atoms with Crippen LogP contribution < -0.4 is 4.74 Å². The van der Waals surface area contributed by atoms with Crippen LogP contribution in [0.1, 0.15) is 5.56 Å². The van der Waals surface area contributed by atoms with Gasteiger partial charge in [-0.05, 0) is 29.8 Å². The number of nitrogens with zero attached hydrogens (tertiary/aromatic N) is 3. The minimum Gasteiger partial charge on any atom is -0.488 e. The van der Waals surface area contributed by atoms with Crippen molar-refractivity contribution in [3.8, 4) is 17.9 Å². The molecule has 0 aliphatic carbocycles. The SMILES string of the molecule is N#CCN(CC#N)C(=O)C=CC1=Cc2cc(Cl)ccc2OC1. The molecular weight excluding hydrogens is 302 g/mol. The Labute approximate surface area is 133 Å². The molecule has 1 amide bonds. The lowest BCUT2D eigenvalue weighted by atomic mass is 10.1. The second-order valence-electron chi connectivity index (χ2n) is 4.53. The van der Waals surface area contributed by atoms with Crippen LogP contribution >= 0.6 is 11.6 Å². The van der Waals surface area contributed by atoms with Gasteiger partial charge in [-0.15, -0.1) is 0 Å². The van der Waals surface area contributed by atoms with Gasteiger partial charge < -0.3 is 9.64 Å². The first kappa shape index (κ1) is 15.6. The fourth-order valence-electron chi connectivity index (χ4n) is 1.93. The average Bonchev–Trinajstić information content (AvgIpc) is 2.52. The Bertz CT molecular complexity index is 710. The van der Waals surface area contributed by atoms with Crippen molar-refractivity contribution in [2.45, 2.75) is 0 Å². The highest BCUT2D eigenvalue weighted by Crippen LogP contribution is 2.29. The van der Waals surface area contributed by atoms with Crippen molar-refractivity contribution in [2.24, 2.45) is 0 Å². The third-order valence-electron chi connectivity index (χ3n) is 2.98. The molecule has 0 bridgehead atoms. The van der Waals surface area contributed by atoms with Crippen LogP contribution in [0.2, 0.25) is 5.02 Å². The van der Waals surface area contributed by atoms with Crippen LogP contribution in [0.4, 0.5) is 0 Å². The molecule has 1 aromatic carbocycles. The van der Waals surface area contributed by atoms with Gasteiger partial charge in [0.25, 0.3) is 0 Å². The number of hydrogen-bond acceptors (Lipinski definition) is 4. The molecule has 0 atom stereocenters. The Hall–Kier alpha value is -2.76. The summed E-state index contributed by atoms with van der Waals surface area (Å²) in [5.74, 6) is 0.351. The van der Waals surface area contributed by atoms with Gasteiger partial charge in [0.1, 0.15) is 25.4 Å². The zero-order valence-corrected chi connectivity index (χ0v) is 12.4. The standard InChI is InChI=1S/C16H12ClN3O2/c17-14-2-3-15-13(10-14)9-12(11-22-15)1-4-16(21)20(7-5-18)8-6-19/h1-4,9-10H,7-8,11H2. The van der Waals surface area contributed by atoms with E-state index in [1.165, 1.54) is 6.08 Å². The monoisotopic (exact) mass is 313 g/mol. The van der Waals surface area contributed by atoms with Crippen LogP contribution in [0.15, 0.2) is 35.9 Å². The fourth-order valence-corrected chi connectivity index (χ4v) is 2.11. The van der Waals surface area contributed by atoms with Gasteiger partial charge in [-0.25, -0.2) is 0 Å². The molecular formula is C16H12ClN3O2. The summed E-state index contributed by atoms with van der Waals surface area (Å²) < 4.78 is 5.57. The van der Waals surface area contributed by atoms with Crippen molar-refractivity contribution in [3.05, 3.63) is 46.5 Å². The van der Waals surface area contributed by atoms with Crippen LogP contribution in [0.25, 0.3) is 6.08 Å². The Balaban J connectivity index is 2.12. The quantitative estimate of drug-likeness (QED) is 0.632. The van der Waals surface area contributed by atoms with Gasteiger partial charge in [0.2, 0.25) is 5.91 Å². The molecule has 1 aliphatic rings. The van der Waals surface area contributed by atoms with Crippen LogP contribution in [-0.2, 0) is 4.79 Å². The van der Waals surface area contributed by atoms with E-state index in [0.29, 0.717) is 11.6 Å². The summed E-state index contributed by atoms with van der Waals surface area (Å²) >= 11 is 5.94. The number of hydrogen-bond donors (Lipinski definition) is 0. The number of nitriles is 2. The summed E-state index contributed by atoms with van der Waals surface area (Å²) in [5.41, 5.74) is 1.65. The van der Waals surface area contributed by atoms with Crippen LogP contribution in [-0.4, -0.2) is 30.5 Å². The van der Waals surface area contributed by atoms with Gasteiger partial charge in [-0.3, -0.25) is 4.79 Å². The van der Waals surface area contributed by atoms with Crippen LogP contribution in [0, 0.1) is 22.7 Å². The molecule has 22 heavy (non-hydrogen) atoms. The minimum absolute atomic E-state index is 0.120. The summed E-state index contributed by atoms with van der Waals surface area (Å²) in [7, 11) is 0. The molecule has 1 aliphatic heterocycles. The molecule has 0 spiro atoms. The summed E-state index contributed by atoms with van der Waals surface area (Å²) in [6.07, 6.45) is 4.83. The van der Waals surface area contributed by atoms with Gasteiger partial charge in [-0.2, -0.15) is 10.5 Å². The van der Waals surface area contributed by atoms with Crippen molar-refractivity contribution in [3.63, 3.8) is 0 Å². The van der Waals surface area contributed by atoms with Crippen molar-refractivity contribution < 1.29 is 9.53 Å². The molecule has 110 valence electrons. The van der Waals surface area contributed by atoms with Gasteiger partial charge >= 0.3 is 0 Å². The Kier molecular flexibility index (Phi) is 5.19. The lowest BCUT2D eigenvalue weighted by molar-refractivity contribution is -0.124. The third-order valence-corrected chi connectivity index (χ3v) is 3.22. The first-order valence-corrected chi connectivity index (χ1v) is 6.85. The Morgan fingerprint density at radius 3 is 2.77 bits per heavy atom. The number of rotatable bonds is 4. The van der Waals surface area contributed by atoms with E-state index in [0.717, 1.165) is 21.8 Å². The smallest absolute Gasteiger partial charge is 0.248 e. The molecule has 0 saturated carbocycles. The number of carbonyl (C=O) groups is 1. The first-order valence-electron chi connectivity index (χ1n) is 6.48. The van der Waals surface area contributed by atoms with E-state index in [9.17, 15) is 4.79 Å². The Morgan fingerprint density at radius 1 is 1.36 bits per heavy atom. The van der Waals surface area contributed by atoms with E-state index < -0.39 is 0 Å². The molecule has 0 saturated heterocycles. The molecule has 2 rings (SSSR count). The zero-order chi connectivity index (χ0) is 15.9. The van der Waals surface area contributed by atoms with E-state index in [-0.39, 0.29) is 19.0 Å². The average molecular weight is 314 g/mol. The highest BCUT2D eigenvalue weighted by atomic mass is 35.5. The van der Waals surface area contributed by atoms with Crippen LogP contribution in [0.3, 0.4) is 0 Å². The van der Waals surface area contributed by atoms with Gasteiger partial charge in [0.05, 0.1) is 12.1 Å². The summed E-state index contributed by atoms with van der Waals surface area (Å²) in [4.78, 5) is 13.1. The minimum atomic E-state index is -0.388. The number of ether oxygens (including phenoxy) is 1. The highest BCUT2D eigenvalue weighted by molar-refractivity contribution is 6.30. The van der Waals surface area contributed by atoms with E-state index in [1.807, 2.05) is 18.2 Å². The molecule has 6 heteroatoms. The van der Waals surface area contributed by atoms with Crippen LogP contribution in [0.5, 0.6) is 5.75 Å². The lowest BCUT2D eigenvalue weighted by Crippen LogP contribution is -2.30. The summed E-state index contributed by atoms with van der Waals surface area (Å²) in [5, 5.41) is 17.9. The van der Waals surface area contributed by atoms with E-state index in [2.05, 4.69) is 0 Å². The summed E-state index contributed by atoms with van der Waals surface area (Å²) in [6.45, 7) is 0.102. The predicted octanol–water partition coefficient (Wildman–Crippen LogP) is 2.55. The molecule has 1 heterocycles. The topological polar surface area (TPSA) is 77.1 Å². The maximum absolute atomic E-state index is 11.9. The number of benzene rings is 1. The molecule has 0 radical (unpaired) electrons. The van der Waals surface area contributed by atoms with E-state index in [4.69, 9.17) is 26.9 Å². The molecule has 0 unspecified atom stereocenters. The van der Waals surface area contributed by atoms with Crippen molar-refractivity contribution >= 4 is 23.6 Å². The first-order chi connectivity index (χ1) is 10.6. The molecule has 0 N–H and O–H groups in total. The predicted molar refractivity (Wildman–Crippen MR) is 81.9 cm³/mol. The van der Waals surface area contributed by atoms with Gasteiger partial charge in [0.15, 0.2) is 0 Å².